The van der Waals surface area contributed by atoms with E-state index in [0.29, 0.717) is 32.1 Å². The predicted molar refractivity (Wildman–Crippen MR) is 92.5 cm³/mol. The van der Waals surface area contributed by atoms with Crippen LogP contribution in [0.25, 0.3) is 0 Å². The lowest BCUT2D eigenvalue weighted by molar-refractivity contribution is -0.149. The largest absolute Gasteiger partial charge is 0.351 e. The summed E-state index contributed by atoms with van der Waals surface area (Å²) < 4.78 is 0. The van der Waals surface area contributed by atoms with Crippen molar-refractivity contribution in [1.29, 1.82) is 0 Å². The second kappa shape index (κ2) is 6.75. The van der Waals surface area contributed by atoms with Crippen molar-refractivity contribution in [3.8, 4) is 0 Å². The smallest absolute Gasteiger partial charge is 0.237 e. The molecule has 0 aliphatic carbocycles. The number of nitrogens with zero attached hydrogens (tertiary/aromatic N) is 4. The third kappa shape index (κ3) is 4.21. The van der Waals surface area contributed by atoms with Gasteiger partial charge in [0.2, 0.25) is 17.8 Å². The summed E-state index contributed by atoms with van der Waals surface area (Å²) in [4.78, 5) is 37.5. The number of amides is 2. The maximum Gasteiger partial charge on any atom is 0.237 e. The molecule has 1 aliphatic rings. The fraction of sp³-hybridized carbons (Fsp3) is 0.647. The molecule has 2 amide bonds. The van der Waals surface area contributed by atoms with Gasteiger partial charge in [-0.2, -0.15) is 0 Å². The van der Waals surface area contributed by atoms with Gasteiger partial charge in [-0.1, -0.05) is 0 Å². The molecular formula is C17H27N5O2. The van der Waals surface area contributed by atoms with Crippen LogP contribution in [-0.4, -0.2) is 58.4 Å². The van der Waals surface area contributed by atoms with Gasteiger partial charge in [0.1, 0.15) is 5.41 Å². The van der Waals surface area contributed by atoms with E-state index in [1.807, 2.05) is 25.7 Å². The molecule has 0 unspecified atom stereocenters. The Bertz CT molecular complexity index is 587. The highest BCUT2D eigenvalue weighted by Gasteiger charge is 2.41. The summed E-state index contributed by atoms with van der Waals surface area (Å²) in [6, 6.07) is 1.78. The highest BCUT2D eigenvalue weighted by Crippen LogP contribution is 2.22. The van der Waals surface area contributed by atoms with Gasteiger partial charge in [-0.3, -0.25) is 9.59 Å². The molecule has 1 fully saturated rings. The monoisotopic (exact) mass is 333 g/mol. The Kier molecular flexibility index (Phi) is 5.11. The molecule has 0 bridgehead atoms. The van der Waals surface area contributed by atoms with Gasteiger partial charge in [-0.25, -0.2) is 9.97 Å². The van der Waals surface area contributed by atoms with E-state index in [1.54, 1.807) is 37.2 Å². The Morgan fingerprint density at radius 3 is 2.04 bits per heavy atom. The number of carbonyl (C=O) groups excluding carboxylic acids is 2. The van der Waals surface area contributed by atoms with Gasteiger partial charge in [0.15, 0.2) is 0 Å². The quantitative estimate of drug-likeness (QED) is 0.837. The molecule has 0 saturated carbocycles. The average Bonchev–Trinajstić information content (AvgIpc) is 2.53. The van der Waals surface area contributed by atoms with E-state index in [1.165, 1.54) is 0 Å². The molecule has 0 aromatic carbocycles. The van der Waals surface area contributed by atoms with Crippen LogP contribution in [0.4, 0.5) is 5.95 Å². The summed E-state index contributed by atoms with van der Waals surface area (Å²) in [5.41, 5.74) is -1.45. The molecule has 2 heterocycles. The summed E-state index contributed by atoms with van der Waals surface area (Å²) in [5, 5.41) is 2.90. The molecule has 2 rings (SSSR count). The van der Waals surface area contributed by atoms with Crippen molar-refractivity contribution < 1.29 is 9.59 Å². The minimum atomic E-state index is -1.08. The molecule has 1 aromatic rings. The zero-order valence-corrected chi connectivity index (χ0v) is 15.2. The van der Waals surface area contributed by atoms with Crippen molar-refractivity contribution in [2.75, 3.05) is 31.1 Å². The van der Waals surface area contributed by atoms with Crippen LogP contribution in [0.15, 0.2) is 18.5 Å². The molecule has 1 N–H and O–H groups in total. The third-order valence-electron chi connectivity index (χ3n) is 3.99. The van der Waals surface area contributed by atoms with Gasteiger partial charge < -0.3 is 15.1 Å². The molecule has 24 heavy (non-hydrogen) atoms. The molecule has 132 valence electrons. The van der Waals surface area contributed by atoms with Crippen LogP contribution in [0.5, 0.6) is 0 Å². The van der Waals surface area contributed by atoms with E-state index in [0.717, 1.165) is 0 Å². The van der Waals surface area contributed by atoms with Crippen LogP contribution in [-0.2, 0) is 9.59 Å². The van der Waals surface area contributed by atoms with Crippen molar-refractivity contribution in [3.05, 3.63) is 18.5 Å². The van der Waals surface area contributed by atoms with Crippen LogP contribution in [0.3, 0.4) is 0 Å². The van der Waals surface area contributed by atoms with Crippen LogP contribution in [0.1, 0.15) is 34.6 Å². The Hall–Kier alpha value is -2.18. The number of hydrogen-bond donors (Lipinski definition) is 1. The fourth-order valence-corrected chi connectivity index (χ4v) is 2.55. The van der Waals surface area contributed by atoms with Crippen LogP contribution in [0, 0.1) is 5.41 Å². The zero-order valence-electron chi connectivity index (χ0n) is 15.2. The van der Waals surface area contributed by atoms with Gasteiger partial charge in [-0.05, 0) is 40.7 Å². The molecule has 1 aromatic heterocycles. The molecule has 7 nitrogen and oxygen atoms in total. The van der Waals surface area contributed by atoms with Crippen molar-refractivity contribution in [3.63, 3.8) is 0 Å². The number of hydrogen-bond acceptors (Lipinski definition) is 5. The van der Waals surface area contributed by atoms with E-state index < -0.39 is 5.41 Å². The van der Waals surface area contributed by atoms with Gasteiger partial charge in [0, 0.05) is 44.1 Å². The third-order valence-corrected chi connectivity index (χ3v) is 3.99. The Labute approximate surface area is 143 Å². The second-order valence-corrected chi connectivity index (χ2v) is 7.66. The number of carbonyl (C=O) groups is 2. The van der Waals surface area contributed by atoms with E-state index >= 15 is 0 Å². The first-order valence-electron chi connectivity index (χ1n) is 8.25. The van der Waals surface area contributed by atoms with E-state index in [9.17, 15) is 9.59 Å². The molecule has 7 heteroatoms. The molecular weight excluding hydrogens is 306 g/mol. The average molecular weight is 333 g/mol. The summed E-state index contributed by atoms with van der Waals surface area (Å²) in [6.07, 6.45) is 3.42. The predicted octanol–water partition coefficient (Wildman–Crippen LogP) is 1.07. The Morgan fingerprint density at radius 2 is 1.54 bits per heavy atom. The molecule has 0 radical (unpaired) electrons. The maximum atomic E-state index is 12.8. The highest BCUT2D eigenvalue weighted by atomic mass is 16.2. The molecule has 1 aliphatic heterocycles. The minimum absolute atomic E-state index is 0.141. The fourth-order valence-electron chi connectivity index (χ4n) is 2.55. The number of rotatable bonds is 3. The van der Waals surface area contributed by atoms with E-state index in [2.05, 4.69) is 15.3 Å². The standard InChI is InChI=1S/C17H27N5O2/c1-16(2,3)20-13(23)17(4,5)14(24)21-9-11-22(12-10-21)15-18-7-6-8-19-15/h6-8H,9-12H2,1-5H3,(H,20,23). The summed E-state index contributed by atoms with van der Waals surface area (Å²) >= 11 is 0. The van der Waals surface area contributed by atoms with Crippen molar-refractivity contribution in [2.24, 2.45) is 5.41 Å². The first kappa shape index (κ1) is 18.2. The molecule has 1 saturated heterocycles. The maximum absolute atomic E-state index is 12.8. The summed E-state index contributed by atoms with van der Waals surface area (Å²) in [6.45, 7) is 11.5. The Morgan fingerprint density at radius 1 is 1.00 bits per heavy atom. The van der Waals surface area contributed by atoms with E-state index in [-0.39, 0.29) is 17.4 Å². The zero-order chi connectivity index (χ0) is 18.0. The highest BCUT2D eigenvalue weighted by molar-refractivity contribution is 6.04. The topological polar surface area (TPSA) is 78.4 Å². The lowest BCUT2D eigenvalue weighted by Gasteiger charge is -2.38. The van der Waals surface area contributed by atoms with Gasteiger partial charge in [0.05, 0.1) is 0 Å². The number of anilines is 1. The van der Waals surface area contributed by atoms with Crippen molar-refractivity contribution in [1.82, 2.24) is 20.2 Å². The first-order chi connectivity index (χ1) is 11.1. The lowest BCUT2D eigenvalue weighted by atomic mass is 9.88. The SMILES string of the molecule is CC(C)(C)NC(=O)C(C)(C)C(=O)N1CCN(c2ncccn2)CC1. The first-order valence-corrected chi connectivity index (χ1v) is 8.25. The lowest BCUT2D eigenvalue weighted by Crippen LogP contribution is -2.57. The summed E-state index contributed by atoms with van der Waals surface area (Å²) in [7, 11) is 0. The van der Waals surface area contributed by atoms with Gasteiger partial charge in [-0.15, -0.1) is 0 Å². The molecule has 0 atom stereocenters. The van der Waals surface area contributed by atoms with Crippen molar-refractivity contribution >= 4 is 17.8 Å². The summed E-state index contributed by atoms with van der Waals surface area (Å²) in [5.74, 6) is 0.293. The van der Waals surface area contributed by atoms with Crippen LogP contribution in [0.2, 0.25) is 0 Å². The van der Waals surface area contributed by atoms with Crippen molar-refractivity contribution in [2.45, 2.75) is 40.2 Å². The Balaban J connectivity index is 1.98. The minimum Gasteiger partial charge on any atom is -0.351 e. The van der Waals surface area contributed by atoms with Crippen LogP contribution < -0.4 is 10.2 Å². The normalized spacial score (nSPS) is 16.0. The van der Waals surface area contributed by atoms with E-state index in [4.69, 9.17) is 0 Å². The van der Waals surface area contributed by atoms with Gasteiger partial charge in [0.25, 0.3) is 0 Å². The number of aromatic nitrogens is 2. The number of piperazine rings is 1. The van der Waals surface area contributed by atoms with Crippen LogP contribution >= 0.6 is 0 Å². The molecule has 0 spiro atoms. The second-order valence-electron chi connectivity index (χ2n) is 7.66. The van der Waals surface area contributed by atoms with Gasteiger partial charge >= 0.3 is 0 Å². The number of nitrogens with one attached hydrogen (secondary N) is 1.